The number of aromatic nitrogens is 2. The van der Waals surface area contributed by atoms with E-state index < -0.39 is 5.91 Å². The Morgan fingerprint density at radius 2 is 2.09 bits per heavy atom. The number of ether oxygens (including phenoxy) is 1. The van der Waals surface area contributed by atoms with Crippen LogP contribution in [0.15, 0.2) is 52.6 Å². The van der Waals surface area contributed by atoms with E-state index in [2.05, 4.69) is 15.5 Å². The van der Waals surface area contributed by atoms with Crippen LogP contribution in [0.1, 0.15) is 35.8 Å². The second-order valence-electron chi connectivity index (χ2n) is 7.99. The Hall–Kier alpha value is -3.52. The first-order valence-electron chi connectivity index (χ1n) is 11.1. The third-order valence-electron chi connectivity index (χ3n) is 5.87. The van der Waals surface area contributed by atoms with Gasteiger partial charge in [0.05, 0.1) is 24.5 Å². The van der Waals surface area contributed by atoms with E-state index in [-0.39, 0.29) is 12.1 Å². The van der Waals surface area contributed by atoms with Crippen LogP contribution in [-0.2, 0) is 24.2 Å². The maximum atomic E-state index is 13.0. The molecule has 2 heterocycles. The maximum Gasteiger partial charge on any atom is 0.262 e. The number of carbonyl (C=O) groups excluding carboxylic acids is 1. The van der Waals surface area contributed by atoms with Crippen molar-refractivity contribution in [1.29, 1.82) is 0 Å². The van der Waals surface area contributed by atoms with Crippen molar-refractivity contribution in [1.82, 2.24) is 15.0 Å². The summed E-state index contributed by atoms with van der Waals surface area (Å²) >= 11 is 1.60. The number of hydrogen-bond donors (Lipinski definition) is 1. The number of aryl methyl sites for hydroxylation is 2. The molecule has 1 aliphatic carbocycles. The average molecular weight is 461 g/mol. The van der Waals surface area contributed by atoms with Crippen LogP contribution in [0, 0.1) is 0 Å². The minimum Gasteiger partial charge on any atom is -0.493 e. The van der Waals surface area contributed by atoms with Crippen molar-refractivity contribution in [3.63, 3.8) is 0 Å². The highest BCUT2D eigenvalue weighted by Crippen LogP contribution is 2.33. The summed E-state index contributed by atoms with van der Waals surface area (Å²) in [4.78, 5) is 32.1. The van der Waals surface area contributed by atoms with Gasteiger partial charge in [0.1, 0.15) is 17.1 Å². The van der Waals surface area contributed by atoms with Crippen molar-refractivity contribution in [2.75, 3.05) is 6.61 Å². The molecule has 5 rings (SSSR count). The molecule has 1 aliphatic rings. The van der Waals surface area contributed by atoms with Gasteiger partial charge in [-0.25, -0.2) is 10.4 Å². The Labute approximate surface area is 194 Å². The summed E-state index contributed by atoms with van der Waals surface area (Å²) in [7, 11) is 0. The second-order valence-corrected chi connectivity index (χ2v) is 9.08. The third kappa shape index (κ3) is 4.14. The van der Waals surface area contributed by atoms with Crippen LogP contribution in [0.25, 0.3) is 21.0 Å². The van der Waals surface area contributed by atoms with Crippen molar-refractivity contribution in [3.8, 4) is 5.75 Å². The van der Waals surface area contributed by atoms with Gasteiger partial charge in [-0.05, 0) is 55.0 Å². The summed E-state index contributed by atoms with van der Waals surface area (Å²) in [5, 5.41) is 6.85. The zero-order chi connectivity index (χ0) is 22.8. The summed E-state index contributed by atoms with van der Waals surface area (Å²) in [6.45, 7) is 2.30. The largest absolute Gasteiger partial charge is 0.493 e. The standard InChI is InChI=1S/C25H24N4O3S/c1-2-32-20-12-11-16-7-3-4-8-17(16)19(20)13-27-28-22(30)14-29-15-26-24-23(25(29)31)18-9-5-6-10-21(18)33-24/h3-4,7-8,11-13,15H,2,5-6,9-10,14H2,1H3,(H,28,30)/b27-13-. The summed E-state index contributed by atoms with van der Waals surface area (Å²) in [5.41, 5.74) is 4.28. The van der Waals surface area contributed by atoms with E-state index in [9.17, 15) is 9.59 Å². The number of hydrogen-bond acceptors (Lipinski definition) is 6. The van der Waals surface area contributed by atoms with Gasteiger partial charge < -0.3 is 4.74 Å². The summed E-state index contributed by atoms with van der Waals surface area (Å²) in [6.07, 6.45) is 7.18. The molecule has 1 amide bonds. The minimum atomic E-state index is -0.392. The van der Waals surface area contributed by atoms with Gasteiger partial charge in [-0.3, -0.25) is 14.2 Å². The highest BCUT2D eigenvalue weighted by molar-refractivity contribution is 7.18. The van der Waals surface area contributed by atoms with Gasteiger partial charge in [-0.15, -0.1) is 11.3 Å². The molecule has 0 bridgehead atoms. The third-order valence-corrected chi connectivity index (χ3v) is 7.07. The molecule has 1 N–H and O–H groups in total. The quantitative estimate of drug-likeness (QED) is 0.348. The van der Waals surface area contributed by atoms with E-state index in [1.165, 1.54) is 15.8 Å². The number of carbonyl (C=O) groups is 1. The molecular weight excluding hydrogens is 436 g/mol. The van der Waals surface area contributed by atoms with Gasteiger partial charge in [-0.1, -0.05) is 30.3 Å². The van der Waals surface area contributed by atoms with Crippen LogP contribution >= 0.6 is 11.3 Å². The van der Waals surface area contributed by atoms with E-state index in [1.54, 1.807) is 17.6 Å². The zero-order valence-electron chi connectivity index (χ0n) is 18.3. The van der Waals surface area contributed by atoms with Gasteiger partial charge in [-0.2, -0.15) is 5.10 Å². The lowest BCUT2D eigenvalue weighted by Gasteiger charge is -2.10. The zero-order valence-corrected chi connectivity index (χ0v) is 19.2. The van der Waals surface area contributed by atoms with Gasteiger partial charge in [0.15, 0.2) is 0 Å². The predicted molar refractivity (Wildman–Crippen MR) is 131 cm³/mol. The molecule has 0 aliphatic heterocycles. The van der Waals surface area contributed by atoms with Crippen LogP contribution in [0.2, 0.25) is 0 Å². The highest BCUT2D eigenvalue weighted by Gasteiger charge is 2.20. The van der Waals surface area contributed by atoms with Gasteiger partial charge in [0.25, 0.3) is 11.5 Å². The molecule has 168 valence electrons. The lowest BCUT2D eigenvalue weighted by molar-refractivity contribution is -0.121. The molecule has 0 fully saturated rings. The molecule has 33 heavy (non-hydrogen) atoms. The van der Waals surface area contributed by atoms with Crippen LogP contribution < -0.4 is 15.7 Å². The number of rotatable bonds is 6. The molecule has 2 aromatic carbocycles. The Balaban J connectivity index is 1.36. The molecule has 0 radical (unpaired) electrons. The molecule has 2 aromatic heterocycles. The number of hydrazone groups is 1. The monoisotopic (exact) mass is 460 g/mol. The number of benzene rings is 2. The number of nitrogens with one attached hydrogen (secondary N) is 1. The number of thiophene rings is 1. The Kier molecular flexibility index (Phi) is 5.92. The van der Waals surface area contributed by atoms with E-state index in [0.29, 0.717) is 17.7 Å². The molecule has 8 heteroatoms. The van der Waals surface area contributed by atoms with Crippen molar-refractivity contribution < 1.29 is 9.53 Å². The van der Waals surface area contributed by atoms with E-state index in [0.717, 1.165) is 52.4 Å². The normalized spacial score (nSPS) is 13.5. The SMILES string of the molecule is CCOc1ccc2ccccc2c1/C=N\NC(=O)Cn1cnc2sc3c(c2c1=O)CCCC3. The molecular formula is C25H24N4O3S. The fraction of sp³-hybridized carbons (Fsp3) is 0.280. The van der Waals surface area contributed by atoms with Crippen LogP contribution in [0.4, 0.5) is 0 Å². The second kappa shape index (κ2) is 9.15. The van der Waals surface area contributed by atoms with Crippen LogP contribution in [-0.4, -0.2) is 28.3 Å². The summed E-state index contributed by atoms with van der Waals surface area (Å²) < 4.78 is 7.10. The van der Waals surface area contributed by atoms with Crippen molar-refractivity contribution in [3.05, 3.63) is 69.1 Å². The average Bonchev–Trinajstić information content (AvgIpc) is 3.21. The summed E-state index contributed by atoms with van der Waals surface area (Å²) in [5.74, 6) is 0.305. The van der Waals surface area contributed by atoms with E-state index in [4.69, 9.17) is 4.74 Å². The first-order chi connectivity index (χ1) is 16.2. The Morgan fingerprint density at radius 3 is 2.97 bits per heavy atom. The lowest BCUT2D eigenvalue weighted by atomic mass is 9.97. The topological polar surface area (TPSA) is 85.6 Å². The first-order valence-corrected chi connectivity index (χ1v) is 11.9. The van der Waals surface area contributed by atoms with Gasteiger partial charge >= 0.3 is 0 Å². The Morgan fingerprint density at radius 1 is 1.24 bits per heavy atom. The van der Waals surface area contributed by atoms with Gasteiger partial charge in [0.2, 0.25) is 0 Å². The molecule has 0 unspecified atom stereocenters. The lowest BCUT2D eigenvalue weighted by Crippen LogP contribution is -2.30. The van der Waals surface area contributed by atoms with Crippen LogP contribution in [0.5, 0.6) is 5.75 Å². The van der Waals surface area contributed by atoms with E-state index in [1.807, 2.05) is 43.3 Å². The van der Waals surface area contributed by atoms with Crippen molar-refractivity contribution >= 4 is 44.4 Å². The molecule has 0 saturated heterocycles. The van der Waals surface area contributed by atoms with Gasteiger partial charge in [0, 0.05) is 10.4 Å². The predicted octanol–water partition coefficient (Wildman–Crippen LogP) is 4.04. The van der Waals surface area contributed by atoms with Crippen molar-refractivity contribution in [2.24, 2.45) is 5.10 Å². The molecule has 4 aromatic rings. The smallest absolute Gasteiger partial charge is 0.262 e. The fourth-order valence-corrected chi connectivity index (χ4v) is 5.56. The Bertz CT molecular complexity index is 1440. The molecule has 7 nitrogen and oxygen atoms in total. The number of amides is 1. The minimum absolute atomic E-state index is 0.141. The first kappa shape index (κ1) is 21.3. The van der Waals surface area contributed by atoms with Crippen molar-refractivity contribution in [2.45, 2.75) is 39.2 Å². The summed E-state index contributed by atoms with van der Waals surface area (Å²) in [6, 6.07) is 11.8. The molecule has 0 saturated carbocycles. The fourth-order valence-electron chi connectivity index (χ4n) is 4.34. The molecule has 0 spiro atoms. The molecule has 0 atom stereocenters. The van der Waals surface area contributed by atoms with E-state index >= 15 is 0 Å². The maximum absolute atomic E-state index is 13.0. The van der Waals surface area contributed by atoms with Crippen LogP contribution in [0.3, 0.4) is 0 Å². The number of fused-ring (bicyclic) bond motifs is 4. The highest BCUT2D eigenvalue weighted by atomic mass is 32.1. The number of nitrogens with zero attached hydrogens (tertiary/aromatic N) is 3.